The van der Waals surface area contributed by atoms with E-state index >= 15 is 0 Å². The standard InChI is InChI=1S/C17H27NO3/c1-12(2)8-13(3)20-10-14(19)9-18-16-11-21-17-7-5-4-6-15(16)17/h4-7,12-14,16,18-19H,8-11H2,1-3H3. The number of rotatable bonds is 8. The molecule has 0 spiro atoms. The molecule has 0 aromatic heterocycles. The summed E-state index contributed by atoms with van der Waals surface area (Å²) in [5.74, 6) is 1.55. The molecule has 2 rings (SSSR count). The van der Waals surface area contributed by atoms with Gasteiger partial charge < -0.3 is 19.9 Å². The van der Waals surface area contributed by atoms with Crippen molar-refractivity contribution < 1.29 is 14.6 Å². The van der Waals surface area contributed by atoms with Gasteiger partial charge in [-0.25, -0.2) is 0 Å². The average molecular weight is 293 g/mol. The second-order valence-electron chi connectivity index (χ2n) is 6.24. The first-order chi connectivity index (χ1) is 10.1. The van der Waals surface area contributed by atoms with Gasteiger partial charge in [-0.2, -0.15) is 0 Å². The first-order valence-electron chi connectivity index (χ1n) is 7.81. The molecule has 0 amide bonds. The monoisotopic (exact) mass is 293 g/mol. The first-order valence-corrected chi connectivity index (χ1v) is 7.81. The highest BCUT2D eigenvalue weighted by Gasteiger charge is 2.23. The molecule has 0 aliphatic carbocycles. The molecule has 118 valence electrons. The third-order valence-corrected chi connectivity index (χ3v) is 3.68. The van der Waals surface area contributed by atoms with Gasteiger partial charge in [0.25, 0.3) is 0 Å². The number of aliphatic hydroxyl groups is 1. The summed E-state index contributed by atoms with van der Waals surface area (Å²) >= 11 is 0. The maximum atomic E-state index is 10.0. The van der Waals surface area contributed by atoms with Crippen LogP contribution in [-0.4, -0.2) is 37.1 Å². The van der Waals surface area contributed by atoms with Crippen LogP contribution < -0.4 is 10.1 Å². The molecule has 1 aromatic rings. The molecule has 3 atom stereocenters. The topological polar surface area (TPSA) is 50.7 Å². The van der Waals surface area contributed by atoms with Crippen molar-refractivity contribution in [3.63, 3.8) is 0 Å². The van der Waals surface area contributed by atoms with Crippen molar-refractivity contribution in [3.8, 4) is 5.75 Å². The van der Waals surface area contributed by atoms with E-state index in [2.05, 4.69) is 32.2 Å². The van der Waals surface area contributed by atoms with E-state index in [0.29, 0.717) is 25.7 Å². The van der Waals surface area contributed by atoms with Crippen LogP contribution in [0.4, 0.5) is 0 Å². The minimum absolute atomic E-state index is 0.156. The van der Waals surface area contributed by atoms with E-state index in [-0.39, 0.29) is 12.1 Å². The largest absolute Gasteiger partial charge is 0.491 e. The van der Waals surface area contributed by atoms with E-state index in [4.69, 9.17) is 9.47 Å². The van der Waals surface area contributed by atoms with Gasteiger partial charge in [-0.15, -0.1) is 0 Å². The molecule has 0 fully saturated rings. The molecule has 1 heterocycles. The number of ether oxygens (including phenoxy) is 2. The molecule has 0 saturated heterocycles. The van der Waals surface area contributed by atoms with Crippen LogP contribution >= 0.6 is 0 Å². The number of benzene rings is 1. The molecule has 3 unspecified atom stereocenters. The fourth-order valence-corrected chi connectivity index (χ4v) is 2.68. The van der Waals surface area contributed by atoms with Crippen LogP contribution in [0.3, 0.4) is 0 Å². The zero-order valence-corrected chi connectivity index (χ0v) is 13.2. The Hall–Kier alpha value is -1.10. The average Bonchev–Trinajstić information content (AvgIpc) is 2.85. The fraction of sp³-hybridized carbons (Fsp3) is 0.647. The van der Waals surface area contributed by atoms with Crippen LogP contribution in [-0.2, 0) is 4.74 Å². The summed E-state index contributed by atoms with van der Waals surface area (Å²) < 4.78 is 11.3. The summed E-state index contributed by atoms with van der Waals surface area (Å²) in [6.45, 7) is 7.91. The van der Waals surface area contributed by atoms with Crippen LogP contribution in [0.25, 0.3) is 0 Å². The van der Waals surface area contributed by atoms with Crippen molar-refractivity contribution in [1.29, 1.82) is 0 Å². The lowest BCUT2D eigenvalue weighted by Gasteiger charge is -2.19. The minimum atomic E-state index is -0.493. The lowest BCUT2D eigenvalue weighted by Crippen LogP contribution is -2.34. The summed E-state index contributed by atoms with van der Waals surface area (Å²) in [6, 6.07) is 8.18. The highest BCUT2D eigenvalue weighted by atomic mass is 16.5. The Morgan fingerprint density at radius 3 is 2.86 bits per heavy atom. The molecule has 0 radical (unpaired) electrons. The lowest BCUT2D eigenvalue weighted by molar-refractivity contribution is -0.00944. The molecule has 1 aromatic carbocycles. The lowest BCUT2D eigenvalue weighted by atomic mass is 10.1. The first kappa shape index (κ1) is 16.3. The Labute approximate surface area is 127 Å². The van der Waals surface area contributed by atoms with E-state index in [1.165, 1.54) is 5.56 Å². The number of fused-ring (bicyclic) bond motifs is 1. The van der Waals surface area contributed by atoms with Crippen LogP contribution in [0, 0.1) is 5.92 Å². The SMILES string of the molecule is CC(C)CC(C)OCC(O)CNC1COc2ccccc21. The second kappa shape index (κ2) is 7.78. The Kier molecular flexibility index (Phi) is 6.03. The molecule has 0 saturated carbocycles. The summed E-state index contributed by atoms with van der Waals surface area (Å²) in [5.41, 5.74) is 1.17. The van der Waals surface area contributed by atoms with Gasteiger partial charge in [0.2, 0.25) is 0 Å². The summed E-state index contributed by atoms with van der Waals surface area (Å²) in [5, 5.41) is 13.4. The van der Waals surface area contributed by atoms with Crippen molar-refractivity contribution in [2.45, 2.75) is 45.4 Å². The Balaban J connectivity index is 1.69. The van der Waals surface area contributed by atoms with Crippen molar-refractivity contribution in [2.24, 2.45) is 5.92 Å². The molecule has 2 N–H and O–H groups in total. The van der Waals surface area contributed by atoms with Gasteiger partial charge in [-0.05, 0) is 25.3 Å². The van der Waals surface area contributed by atoms with Crippen molar-refractivity contribution in [1.82, 2.24) is 5.32 Å². The summed E-state index contributed by atoms with van der Waals surface area (Å²) in [4.78, 5) is 0. The van der Waals surface area contributed by atoms with E-state index in [1.807, 2.05) is 18.2 Å². The molecule has 21 heavy (non-hydrogen) atoms. The minimum Gasteiger partial charge on any atom is -0.491 e. The van der Waals surface area contributed by atoms with Crippen molar-refractivity contribution in [3.05, 3.63) is 29.8 Å². The van der Waals surface area contributed by atoms with Gasteiger partial charge in [-0.1, -0.05) is 32.0 Å². The number of hydrogen-bond acceptors (Lipinski definition) is 4. The highest BCUT2D eigenvalue weighted by Crippen LogP contribution is 2.31. The zero-order valence-electron chi connectivity index (χ0n) is 13.2. The second-order valence-corrected chi connectivity index (χ2v) is 6.24. The van der Waals surface area contributed by atoms with Gasteiger partial charge in [0.05, 0.1) is 24.9 Å². The molecule has 0 bridgehead atoms. The van der Waals surface area contributed by atoms with Crippen molar-refractivity contribution >= 4 is 0 Å². The van der Waals surface area contributed by atoms with E-state index < -0.39 is 6.10 Å². The number of para-hydroxylation sites is 1. The Bertz CT molecular complexity index is 436. The van der Waals surface area contributed by atoms with Gasteiger partial charge in [0, 0.05) is 12.1 Å². The number of aliphatic hydroxyl groups excluding tert-OH is 1. The van der Waals surface area contributed by atoms with Gasteiger partial charge in [0.1, 0.15) is 12.4 Å². The predicted molar refractivity (Wildman–Crippen MR) is 83.6 cm³/mol. The van der Waals surface area contributed by atoms with E-state index in [1.54, 1.807) is 0 Å². The maximum Gasteiger partial charge on any atom is 0.124 e. The number of nitrogens with one attached hydrogen (secondary N) is 1. The quantitative estimate of drug-likeness (QED) is 0.773. The molecule has 4 heteroatoms. The third kappa shape index (κ3) is 4.99. The molecule has 1 aliphatic heterocycles. The third-order valence-electron chi connectivity index (χ3n) is 3.68. The molecular formula is C17H27NO3. The summed E-state index contributed by atoms with van der Waals surface area (Å²) in [7, 11) is 0. The smallest absolute Gasteiger partial charge is 0.124 e. The van der Waals surface area contributed by atoms with Crippen LogP contribution in [0.2, 0.25) is 0 Å². The van der Waals surface area contributed by atoms with Gasteiger partial charge in [0.15, 0.2) is 0 Å². The van der Waals surface area contributed by atoms with Crippen LogP contribution in [0.5, 0.6) is 5.75 Å². The van der Waals surface area contributed by atoms with Gasteiger partial charge in [-0.3, -0.25) is 0 Å². The number of hydrogen-bond donors (Lipinski definition) is 2. The molecule has 4 nitrogen and oxygen atoms in total. The highest BCUT2D eigenvalue weighted by molar-refractivity contribution is 5.39. The Morgan fingerprint density at radius 2 is 2.10 bits per heavy atom. The predicted octanol–water partition coefficient (Wildman–Crippen LogP) is 2.52. The zero-order chi connectivity index (χ0) is 15.2. The van der Waals surface area contributed by atoms with Crippen LogP contribution in [0.15, 0.2) is 24.3 Å². The summed E-state index contributed by atoms with van der Waals surface area (Å²) in [6.07, 6.45) is 0.715. The van der Waals surface area contributed by atoms with Crippen LogP contribution in [0.1, 0.15) is 38.8 Å². The van der Waals surface area contributed by atoms with E-state index in [0.717, 1.165) is 12.2 Å². The Morgan fingerprint density at radius 1 is 1.33 bits per heavy atom. The fourth-order valence-electron chi connectivity index (χ4n) is 2.68. The van der Waals surface area contributed by atoms with Crippen molar-refractivity contribution in [2.75, 3.05) is 19.8 Å². The molecular weight excluding hydrogens is 266 g/mol. The normalized spacial score (nSPS) is 20.1. The maximum absolute atomic E-state index is 10.0. The van der Waals surface area contributed by atoms with Gasteiger partial charge >= 0.3 is 0 Å². The van der Waals surface area contributed by atoms with E-state index in [9.17, 15) is 5.11 Å². The molecule has 1 aliphatic rings.